The van der Waals surface area contributed by atoms with Crippen LogP contribution in [0.15, 0.2) is 30.5 Å². The highest BCUT2D eigenvalue weighted by molar-refractivity contribution is 6.01. The number of amides is 3. The van der Waals surface area contributed by atoms with Gasteiger partial charge in [0, 0.05) is 44.2 Å². The minimum Gasteiger partial charge on any atom is -0.346 e. The summed E-state index contributed by atoms with van der Waals surface area (Å²) in [5.41, 5.74) is 1.93. The Kier molecular flexibility index (Phi) is 5.03. The van der Waals surface area contributed by atoms with Gasteiger partial charge in [-0.2, -0.15) is 0 Å². The average molecular weight is 328 g/mol. The number of nitrogens with one attached hydrogen (secondary N) is 2. The quantitative estimate of drug-likeness (QED) is 0.801. The first-order valence-electron chi connectivity index (χ1n) is 8.59. The van der Waals surface area contributed by atoms with Gasteiger partial charge in [0.2, 0.25) is 5.91 Å². The molecular formula is C18H24N4O2. The number of likely N-dealkylation sites (tertiary alicyclic amines) is 1. The van der Waals surface area contributed by atoms with Crippen LogP contribution in [0, 0.1) is 0 Å². The number of urea groups is 1. The summed E-state index contributed by atoms with van der Waals surface area (Å²) in [5.74, 6) is 0.229. The minimum absolute atomic E-state index is 0.207. The Hall–Kier alpha value is -2.50. The SMILES string of the molecule is CCn1cc(NC(=O)NCCCN2CCCC2=O)c2ccccc21. The van der Waals surface area contributed by atoms with E-state index in [1.807, 2.05) is 29.3 Å². The second-order valence-corrected chi connectivity index (χ2v) is 6.06. The number of anilines is 1. The Labute approximate surface area is 141 Å². The van der Waals surface area contributed by atoms with Crippen molar-refractivity contribution < 1.29 is 9.59 Å². The molecule has 1 aromatic heterocycles. The molecule has 24 heavy (non-hydrogen) atoms. The number of fused-ring (bicyclic) bond motifs is 1. The van der Waals surface area contributed by atoms with Crippen LogP contribution in [0.1, 0.15) is 26.2 Å². The summed E-state index contributed by atoms with van der Waals surface area (Å²) in [7, 11) is 0. The Bertz CT molecular complexity index is 738. The smallest absolute Gasteiger partial charge is 0.319 e. The Morgan fingerprint density at radius 1 is 1.29 bits per heavy atom. The lowest BCUT2D eigenvalue weighted by molar-refractivity contribution is -0.127. The summed E-state index contributed by atoms with van der Waals surface area (Å²) in [6.45, 7) is 5.06. The van der Waals surface area contributed by atoms with Crippen LogP contribution in [0.25, 0.3) is 10.9 Å². The van der Waals surface area contributed by atoms with Gasteiger partial charge in [-0.05, 0) is 25.8 Å². The van der Waals surface area contributed by atoms with Crippen molar-refractivity contribution in [3.05, 3.63) is 30.5 Å². The molecule has 1 aromatic carbocycles. The number of carbonyl (C=O) groups excluding carboxylic acids is 2. The Morgan fingerprint density at radius 3 is 2.88 bits per heavy atom. The van der Waals surface area contributed by atoms with E-state index in [2.05, 4.69) is 28.2 Å². The summed E-state index contributed by atoms with van der Waals surface area (Å²) in [6.07, 6.45) is 4.35. The standard InChI is InChI=1S/C18H24N4O2/c1-2-21-13-15(14-7-3-4-8-16(14)21)20-18(24)19-10-6-12-22-11-5-9-17(22)23/h3-4,7-8,13H,2,5-6,9-12H2,1H3,(H2,19,20,24). The van der Waals surface area contributed by atoms with E-state index in [4.69, 9.17) is 0 Å². The summed E-state index contributed by atoms with van der Waals surface area (Å²) < 4.78 is 2.12. The molecule has 1 fully saturated rings. The zero-order valence-corrected chi connectivity index (χ0v) is 14.0. The van der Waals surface area contributed by atoms with Crippen molar-refractivity contribution >= 4 is 28.5 Å². The number of carbonyl (C=O) groups is 2. The van der Waals surface area contributed by atoms with Gasteiger partial charge in [0.25, 0.3) is 0 Å². The molecular weight excluding hydrogens is 304 g/mol. The maximum absolute atomic E-state index is 12.1. The highest BCUT2D eigenvalue weighted by atomic mass is 16.2. The number of benzene rings is 1. The third kappa shape index (κ3) is 3.53. The zero-order chi connectivity index (χ0) is 16.9. The maximum Gasteiger partial charge on any atom is 0.319 e. The number of para-hydroxylation sites is 1. The molecule has 0 radical (unpaired) electrons. The third-order valence-electron chi connectivity index (χ3n) is 4.44. The summed E-state index contributed by atoms with van der Waals surface area (Å²) in [6, 6.07) is 7.82. The predicted molar refractivity (Wildman–Crippen MR) is 95.1 cm³/mol. The summed E-state index contributed by atoms with van der Waals surface area (Å²) in [4.78, 5) is 25.5. The van der Waals surface area contributed by atoms with Crippen molar-refractivity contribution in [1.82, 2.24) is 14.8 Å². The third-order valence-corrected chi connectivity index (χ3v) is 4.44. The van der Waals surface area contributed by atoms with Crippen LogP contribution in [0.4, 0.5) is 10.5 Å². The molecule has 1 aliphatic heterocycles. The van der Waals surface area contributed by atoms with Crippen molar-refractivity contribution in [3.63, 3.8) is 0 Å². The predicted octanol–water partition coefficient (Wildman–Crippen LogP) is 2.80. The first-order valence-corrected chi connectivity index (χ1v) is 8.59. The number of hydrogen-bond donors (Lipinski definition) is 2. The fourth-order valence-electron chi connectivity index (χ4n) is 3.19. The average Bonchev–Trinajstić information content (AvgIpc) is 3.16. The number of aryl methyl sites for hydroxylation is 1. The molecule has 6 heteroatoms. The molecule has 2 N–H and O–H groups in total. The molecule has 128 valence electrons. The van der Waals surface area contributed by atoms with E-state index in [1.54, 1.807) is 0 Å². The van der Waals surface area contributed by atoms with E-state index in [-0.39, 0.29) is 11.9 Å². The van der Waals surface area contributed by atoms with Crippen LogP contribution in [-0.4, -0.2) is 41.0 Å². The number of nitrogens with zero attached hydrogens (tertiary/aromatic N) is 2. The molecule has 0 saturated carbocycles. The van der Waals surface area contributed by atoms with Gasteiger partial charge in [0.1, 0.15) is 0 Å². The van der Waals surface area contributed by atoms with Crippen LogP contribution in [0.3, 0.4) is 0 Å². The molecule has 0 atom stereocenters. The van der Waals surface area contributed by atoms with Crippen LogP contribution in [0.2, 0.25) is 0 Å². The van der Waals surface area contributed by atoms with Gasteiger partial charge in [-0.15, -0.1) is 0 Å². The number of rotatable bonds is 6. The normalized spacial score (nSPS) is 14.4. The highest BCUT2D eigenvalue weighted by Crippen LogP contribution is 2.25. The van der Waals surface area contributed by atoms with Crippen LogP contribution < -0.4 is 10.6 Å². The fraction of sp³-hybridized carbons (Fsp3) is 0.444. The molecule has 0 bridgehead atoms. The fourth-order valence-corrected chi connectivity index (χ4v) is 3.19. The lowest BCUT2D eigenvalue weighted by Gasteiger charge is -2.15. The van der Waals surface area contributed by atoms with Crippen molar-refractivity contribution in [3.8, 4) is 0 Å². The van der Waals surface area contributed by atoms with E-state index in [0.29, 0.717) is 19.5 Å². The highest BCUT2D eigenvalue weighted by Gasteiger charge is 2.19. The Balaban J connectivity index is 1.51. The molecule has 2 heterocycles. The van der Waals surface area contributed by atoms with Gasteiger partial charge in [-0.1, -0.05) is 18.2 Å². The van der Waals surface area contributed by atoms with Gasteiger partial charge >= 0.3 is 6.03 Å². The number of hydrogen-bond acceptors (Lipinski definition) is 2. The van der Waals surface area contributed by atoms with Crippen molar-refractivity contribution in [1.29, 1.82) is 0 Å². The second kappa shape index (κ2) is 7.38. The summed E-state index contributed by atoms with van der Waals surface area (Å²) >= 11 is 0. The number of aromatic nitrogens is 1. The van der Waals surface area contributed by atoms with Gasteiger partial charge < -0.3 is 20.1 Å². The second-order valence-electron chi connectivity index (χ2n) is 6.06. The van der Waals surface area contributed by atoms with E-state index < -0.39 is 0 Å². The van der Waals surface area contributed by atoms with Crippen molar-refractivity contribution in [2.45, 2.75) is 32.7 Å². The molecule has 2 aromatic rings. The molecule has 1 saturated heterocycles. The first-order chi connectivity index (χ1) is 11.7. The topological polar surface area (TPSA) is 66.4 Å². The van der Waals surface area contributed by atoms with E-state index in [0.717, 1.165) is 42.5 Å². The molecule has 0 aliphatic carbocycles. The molecule has 1 aliphatic rings. The molecule has 6 nitrogen and oxygen atoms in total. The molecule has 3 rings (SSSR count). The van der Waals surface area contributed by atoms with Gasteiger partial charge in [0.05, 0.1) is 11.2 Å². The van der Waals surface area contributed by atoms with E-state index in [9.17, 15) is 9.59 Å². The van der Waals surface area contributed by atoms with Crippen LogP contribution >= 0.6 is 0 Å². The monoisotopic (exact) mass is 328 g/mol. The molecule has 3 amide bonds. The lowest BCUT2D eigenvalue weighted by Crippen LogP contribution is -2.32. The van der Waals surface area contributed by atoms with Crippen molar-refractivity contribution in [2.24, 2.45) is 0 Å². The van der Waals surface area contributed by atoms with Gasteiger partial charge in [-0.3, -0.25) is 4.79 Å². The van der Waals surface area contributed by atoms with Crippen LogP contribution in [0.5, 0.6) is 0 Å². The van der Waals surface area contributed by atoms with E-state index >= 15 is 0 Å². The van der Waals surface area contributed by atoms with Gasteiger partial charge in [0.15, 0.2) is 0 Å². The summed E-state index contributed by atoms with van der Waals surface area (Å²) in [5, 5.41) is 6.83. The molecule has 0 spiro atoms. The Morgan fingerprint density at radius 2 is 2.12 bits per heavy atom. The van der Waals surface area contributed by atoms with E-state index in [1.165, 1.54) is 0 Å². The van der Waals surface area contributed by atoms with Gasteiger partial charge in [-0.25, -0.2) is 4.79 Å². The zero-order valence-electron chi connectivity index (χ0n) is 14.0. The van der Waals surface area contributed by atoms with Crippen LogP contribution in [-0.2, 0) is 11.3 Å². The van der Waals surface area contributed by atoms with Crippen molar-refractivity contribution in [2.75, 3.05) is 25.0 Å². The minimum atomic E-state index is -0.207. The first kappa shape index (κ1) is 16.4. The lowest BCUT2D eigenvalue weighted by atomic mass is 10.2. The molecule has 0 unspecified atom stereocenters. The largest absolute Gasteiger partial charge is 0.346 e. The maximum atomic E-state index is 12.1.